The first-order valence-corrected chi connectivity index (χ1v) is 8.78. The van der Waals surface area contributed by atoms with Gasteiger partial charge in [-0.3, -0.25) is 0 Å². The van der Waals surface area contributed by atoms with E-state index in [2.05, 4.69) is 9.97 Å². The van der Waals surface area contributed by atoms with Crippen molar-refractivity contribution >= 4 is 23.5 Å². The SMILES string of the molecule is CCOC(=O)c1ccc(OCC(O)CSc2nc(C)cc(N)n2)cc1. The molecule has 1 aromatic carbocycles. The van der Waals surface area contributed by atoms with Crippen LogP contribution in [0.4, 0.5) is 5.82 Å². The number of aliphatic hydroxyl groups excluding tert-OH is 1. The standard InChI is InChI=1S/C17H21N3O4S/c1-3-23-16(22)12-4-6-14(7-5-12)24-9-13(21)10-25-17-19-11(2)8-15(18)20-17/h4-8,13,21H,3,9-10H2,1-2H3,(H2,18,19,20). The van der Waals surface area contributed by atoms with Gasteiger partial charge in [0.2, 0.25) is 0 Å². The fourth-order valence-corrected chi connectivity index (χ4v) is 2.76. The number of nitrogens with zero attached hydrogens (tertiary/aromatic N) is 2. The van der Waals surface area contributed by atoms with Crippen molar-refractivity contribution in [2.75, 3.05) is 24.7 Å². The zero-order valence-electron chi connectivity index (χ0n) is 14.1. The Balaban J connectivity index is 1.79. The number of esters is 1. The summed E-state index contributed by atoms with van der Waals surface area (Å²) in [5.74, 6) is 0.975. The summed E-state index contributed by atoms with van der Waals surface area (Å²) in [4.78, 5) is 19.9. The number of hydrogen-bond acceptors (Lipinski definition) is 8. The summed E-state index contributed by atoms with van der Waals surface area (Å²) in [5.41, 5.74) is 6.91. The molecule has 0 bridgehead atoms. The van der Waals surface area contributed by atoms with E-state index in [1.54, 1.807) is 37.3 Å². The number of anilines is 1. The van der Waals surface area contributed by atoms with Crippen LogP contribution < -0.4 is 10.5 Å². The van der Waals surface area contributed by atoms with E-state index in [0.29, 0.717) is 34.6 Å². The predicted octanol–water partition coefficient (Wildman–Crippen LogP) is 2.08. The van der Waals surface area contributed by atoms with Crippen LogP contribution >= 0.6 is 11.8 Å². The molecule has 0 saturated heterocycles. The van der Waals surface area contributed by atoms with Gasteiger partial charge in [-0.2, -0.15) is 0 Å². The molecular formula is C17H21N3O4S. The molecule has 0 spiro atoms. The first-order valence-electron chi connectivity index (χ1n) is 7.80. The molecule has 1 aromatic heterocycles. The highest BCUT2D eigenvalue weighted by atomic mass is 32.2. The summed E-state index contributed by atoms with van der Waals surface area (Å²) in [7, 11) is 0. The molecule has 3 N–H and O–H groups in total. The fraction of sp³-hybridized carbons (Fsp3) is 0.353. The van der Waals surface area contributed by atoms with E-state index in [4.69, 9.17) is 15.2 Å². The van der Waals surface area contributed by atoms with Gasteiger partial charge in [0.15, 0.2) is 5.16 Å². The van der Waals surface area contributed by atoms with Crippen LogP contribution in [0.2, 0.25) is 0 Å². The average Bonchev–Trinajstić information content (AvgIpc) is 2.58. The predicted molar refractivity (Wildman–Crippen MR) is 95.8 cm³/mol. The molecule has 7 nitrogen and oxygen atoms in total. The van der Waals surface area contributed by atoms with Gasteiger partial charge in [-0.05, 0) is 38.1 Å². The third-order valence-electron chi connectivity index (χ3n) is 3.07. The van der Waals surface area contributed by atoms with Crippen molar-refractivity contribution < 1.29 is 19.4 Å². The highest BCUT2D eigenvalue weighted by molar-refractivity contribution is 7.99. The molecule has 1 heterocycles. The Morgan fingerprint density at radius 1 is 1.32 bits per heavy atom. The van der Waals surface area contributed by atoms with Crippen molar-refractivity contribution in [3.8, 4) is 5.75 Å². The summed E-state index contributed by atoms with van der Waals surface area (Å²) in [5, 5.41) is 10.5. The van der Waals surface area contributed by atoms with E-state index >= 15 is 0 Å². The number of aromatic nitrogens is 2. The molecule has 1 atom stereocenters. The quantitative estimate of drug-likeness (QED) is 0.417. The van der Waals surface area contributed by atoms with Crippen LogP contribution in [-0.4, -0.2) is 46.1 Å². The molecule has 0 saturated carbocycles. The van der Waals surface area contributed by atoms with Crippen molar-refractivity contribution in [1.29, 1.82) is 0 Å². The molecule has 0 aliphatic heterocycles. The van der Waals surface area contributed by atoms with Gasteiger partial charge in [0.1, 0.15) is 18.2 Å². The first-order chi connectivity index (χ1) is 12.0. The van der Waals surface area contributed by atoms with Gasteiger partial charge in [0.05, 0.1) is 18.3 Å². The van der Waals surface area contributed by atoms with Gasteiger partial charge in [0.25, 0.3) is 0 Å². The van der Waals surface area contributed by atoms with Crippen LogP contribution in [0.1, 0.15) is 23.0 Å². The van der Waals surface area contributed by atoms with Crippen LogP contribution in [-0.2, 0) is 4.74 Å². The lowest BCUT2D eigenvalue weighted by molar-refractivity contribution is 0.0526. The maximum atomic E-state index is 11.6. The third kappa shape index (κ3) is 6.24. The van der Waals surface area contributed by atoms with Crippen LogP contribution in [0.3, 0.4) is 0 Å². The molecule has 134 valence electrons. The van der Waals surface area contributed by atoms with Crippen molar-refractivity contribution in [1.82, 2.24) is 9.97 Å². The molecule has 0 aliphatic rings. The summed E-state index contributed by atoms with van der Waals surface area (Å²) in [6.07, 6.45) is -0.694. The van der Waals surface area contributed by atoms with Gasteiger partial charge >= 0.3 is 5.97 Å². The number of carbonyl (C=O) groups is 1. The van der Waals surface area contributed by atoms with Crippen molar-refractivity contribution in [2.24, 2.45) is 0 Å². The molecule has 0 aliphatic carbocycles. The van der Waals surface area contributed by atoms with Crippen molar-refractivity contribution in [3.63, 3.8) is 0 Å². The second-order valence-electron chi connectivity index (χ2n) is 5.24. The molecule has 0 radical (unpaired) electrons. The smallest absolute Gasteiger partial charge is 0.338 e. The van der Waals surface area contributed by atoms with E-state index in [-0.39, 0.29) is 12.6 Å². The number of hydrogen-bond donors (Lipinski definition) is 2. The van der Waals surface area contributed by atoms with Crippen LogP contribution in [0.5, 0.6) is 5.75 Å². The van der Waals surface area contributed by atoms with Gasteiger partial charge < -0.3 is 20.3 Å². The van der Waals surface area contributed by atoms with Crippen LogP contribution in [0.15, 0.2) is 35.5 Å². The van der Waals surface area contributed by atoms with Gasteiger partial charge in [-0.15, -0.1) is 0 Å². The lowest BCUT2D eigenvalue weighted by atomic mass is 10.2. The minimum absolute atomic E-state index is 0.118. The third-order valence-corrected chi connectivity index (χ3v) is 4.06. The molecule has 8 heteroatoms. The number of carbonyl (C=O) groups excluding carboxylic acids is 1. The number of benzene rings is 1. The Morgan fingerprint density at radius 3 is 2.68 bits per heavy atom. The van der Waals surface area contributed by atoms with Crippen LogP contribution in [0.25, 0.3) is 0 Å². The van der Waals surface area contributed by atoms with Crippen molar-refractivity contribution in [2.45, 2.75) is 25.1 Å². The molecular weight excluding hydrogens is 342 g/mol. The van der Waals surface area contributed by atoms with E-state index in [1.165, 1.54) is 11.8 Å². The maximum absolute atomic E-state index is 11.6. The Kier molecular flexibility index (Phi) is 7.03. The summed E-state index contributed by atoms with van der Waals surface area (Å²) < 4.78 is 10.4. The second kappa shape index (κ2) is 9.24. The highest BCUT2D eigenvalue weighted by Crippen LogP contribution is 2.17. The van der Waals surface area contributed by atoms with Gasteiger partial charge in [-0.1, -0.05) is 11.8 Å². The summed E-state index contributed by atoms with van der Waals surface area (Å²) in [6.45, 7) is 4.04. The van der Waals surface area contributed by atoms with Crippen LogP contribution in [0, 0.1) is 6.92 Å². The van der Waals surface area contributed by atoms with E-state index in [0.717, 1.165) is 5.69 Å². The fourth-order valence-electron chi connectivity index (χ4n) is 1.94. The zero-order chi connectivity index (χ0) is 18.2. The Morgan fingerprint density at radius 2 is 2.04 bits per heavy atom. The lowest BCUT2D eigenvalue weighted by Crippen LogP contribution is -2.20. The molecule has 2 rings (SSSR count). The summed E-state index contributed by atoms with van der Waals surface area (Å²) in [6, 6.07) is 8.26. The monoisotopic (exact) mass is 363 g/mol. The first kappa shape index (κ1) is 19.0. The van der Waals surface area contributed by atoms with Gasteiger partial charge in [-0.25, -0.2) is 14.8 Å². The number of nitrogen functional groups attached to an aromatic ring is 1. The highest BCUT2D eigenvalue weighted by Gasteiger charge is 2.10. The lowest BCUT2D eigenvalue weighted by Gasteiger charge is -2.12. The van der Waals surface area contributed by atoms with E-state index in [1.807, 2.05) is 6.92 Å². The number of aryl methyl sites for hydroxylation is 1. The maximum Gasteiger partial charge on any atom is 0.338 e. The van der Waals surface area contributed by atoms with Crippen molar-refractivity contribution in [3.05, 3.63) is 41.6 Å². The van der Waals surface area contributed by atoms with E-state index < -0.39 is 6.10 Å². The minimum atomic E-state index is -0.694. The largest absolute Gasteiger partial charge is 0.491 e. The molecule has 25 heavy (non-hydrogen) atoms. The summed E-state index contributed by atoms with van der Waals surface area (Å²) >= 11 is 1.31. The molecule has 0 fully saturated rings. The number of rotatable bonds is 8. The Labute approximate surface area is 150 Å². The number of thioether (sulfide) groups is 1. The average molecular weight is 363 g/mol. The Hall–Kier alpha value is -2.32. The minimum Gasteiger partial charge on any atom is -0.491 e. The number of aliphatic hydroxyl groups is 1. The molecule has 2 aromatic rings. The van der Waals surface area contributed by atoms with E-state index in [9.17, 15) is 9.90 Å². The molecule has 0 amide bonds. The van der Waals surface area contributed by atoms with Gasteiger partial charge in [0, 0.05) is 17.5 Å². The molecule has 1 unspecified atom stereocenters. The zero-order valence-corrected chi connectivity index (χ0v) is 15.0. The number of nitrogens with two attached hydrogens (primary N) is 1. The normalized spacial score (nSPS) is 11.8. The second-order valence-corrected chi connectivity index (χ2v) is 6.22. The topological polar surface area (TPSA) is 108 Å². The Bertz CT molecular complexity index is 689. The number of ether oxygens (including phenoxy) is 2.